The molecule has 3 fully saturated rings. The number of nitrogens with zero attached hydrogens (tertiary/aromatic N) is 1. The molecule has 1 aromatic rings. The Morgan fingerprint density at radius 2 is 2.00 bits per heavy atom. The number of hydrogen-bond donors (Lipinski definition) is 1. The van der Waals surface area contributed by atoms with Crippen molar-refractivity contribution in [1.82, 2.24) is 10.2 Å². The number of benzene rings is 1. The van der Waals surface area contributed by atoms with Crippen LogP contribution in [0.5, 0.6) is 5.75 Å². The third-order valence-electron chi connectivity index (χ3n) is 6.72. The van der Waals surface area contributed by atoms with Crippen LogP contribution in [0.4, 0.5) is 0 Å². The second-order valence-electron chi connectivity index (χ2n) is 8.15. The van der Waals surface area contributed by atoms with Gasteiger partial charge in [-0.3, -0.25) is 0 Å². The van der Waals surface area contributed by atoms with Crippen LogP contribution in [0.25, 0.3) is 0 Å². The van der Waals surface area contributed by atoms with Crippen molar-refractivity contribution in [2.24, 2.45) is 0 Å². The van der Waals surface area contributed by atoms with E-state index in [1.165, 1.54) is 63.6 Å². The molecule has 0 aromatic heterocycles. The van der Waals surface area contributed by atoms with Crippen LogP contribution in [0.3, 0.4) is 0 Å². The molecule has 0 amide bonds. The van der Waals surface area contributed by atoms with Crippen molar-refractivity contribution in [3.63, 3.8) is 0 Å². The van der Waals surface area contributed by atoms with Crippen LogP contribution in [0.2, 0.25) is 0 Å². The molecular weight excluding hydrogens is 284 g/mol. The average Bonchev–Trinajstić information content (AvgIpc) is 3.01. The Kier molecular flexibility index (Phi) is 3.41. The van der Waals surface area contributed by atoms with Gasteiger partial charge >= 0.3 is 0 Å². The summed E-state index contributed by atoms with van der Waals surface area (Å²) in [6, 6.07) is 10.7. The lowest BCUT2D eigenvalue weighted by Gasteiger charge is -2.49. The Labute approximate surface area is 139 Å². The molecular formula is C20H28N2O. The molecule has 124 valence electrons. The van der Waals surface area contributed by atoms with Crippen molar-refractivity contribution < 1.29 is 4.74 Å². The van der Waals surface area contributed by atoms with Gasteiger partial charge in [0.1, 0.15) is 11.4 Å². The van der Waals surface area contributed by atoms with Gasteiger partial charge in [0.2, 0.25) is 0 Å². The molecule has 23 heavy (non-hydrogen) atoms. The summed E-state index contributed by atoms with van der Waals surface area (Å²) in [5, 5.41) is 4.04. The number of rotatable bonds is 2. The minimum absolute atomic E-state index is 0.139. The fourth-order valence-electron chi connectivity index (χ4n) is 5.30. The first-order chi connectivity index (χ1) is 11.3. The van der Waals surface area contributed by atoms with Crippen LogP contribution in [0.1, 0.15) is 63.0 Å². The lowest BCUT2D eigenvalue weighted by atomic mass is 9.72. The smallest absolute Gasteiger partial charge is 0.124 e. The van der Waals surface area contributed by atoms with Crippen molar-refractivity contribution in [3.05, 3.63) is 29.8 Å². The van der Waals surface area contributed by atoms with Gasteiger partial charge in [0.25, 0.3) is 0 Å². The number of ether oxygens (including phenoxy) is 1. The molecule has 4 aliphatic rings. The Hall–Kier alpha value is -1.06. The number of hydrogen-bond acceptors (Lipinski definition) is 3. The minimum atomic E-state index is 0.139. The van der Waals surface area contributed by atoms with Crippen LogP contribution in [0.15, 0.2) is 24.3 Å². The van der Waals surface area contributed by atoms with Gasteiger partial charge in [-0.1, -0.05) is 18.2 Å². The van der Waals surface area contributed by atoms with Gasteiger partial charge in [0.15, 0.2) is 0 Å². The second kappa shape index (κ2) is 5.49. The molecule has 3 aliphatic heterocycles. The van der Waals surface area contributed by atoms with Gasteiger partial charge in [-0.15, -0.1) is 0 Å². The Morgan fingerprint density at radius 1 is 1.09 bits per heavy atom. The largest absolute Gasteiger partial charge is 0.487 e. The molecule has 0 unspecified atom stereocenters. The van der Waals surface area contributed by atoms with Crippen LogP contribution >= 0.6 is 0 Å². The maximum absolute atomic E-state index is 6.40. The van der Waals surface area contributed by atoms with E-state index in [-0.39, 0.29) is 5.60 Å². The maximum atomic E-state index is 6.40. The first-order valence-corrected chi connectivity index (χ1v) is 9.59. The highest BCUT2D eigenvalue weighted by Gasteiger charge is 2.46. The van der Waals surface area contributed by atoms with Crippen molar-refractivity contribution in [2.45, 2.75) is 75.1 Å². The number of piperidine rings is 1. The van der Waals surface area contributed by atoms with Crippen molar-refractivity contribution >= 4 is 0 Å². The summed E-state index contributed by atoms with van der Waals surface area (Å²) in [6.07, 6.45) is 10.4. The molecule has 0 bridgehead atoms. The zero-order chi connectivity index (χ0) is 15.3. The molecule has 1 aliphatic carbocycles. The Morgan fingerprint density at radius 3 is 2.87 bits per heavy atom. The zero-order valence-corrected chi connectivity index (χ0v) is 14.0. The summed E-state index contributed by atoms with van der Waals surface area (Å²) in [7, 11) is 0. The number of nitrogens with one attached hydrogen (secondary N) is 1. The first-order valence-electron chi connectivity index (χ1n) is 9.59. The zero-order valence-electron chi connectivity index (χ0n) is 14.0. The lowest BCUT2D eigenvalue weighted by molar-refractivity contribution is -0.0390. The van der Waals surface area contributed by atoms with Crippen LogP contribution in [-0.2, 0) is 0 Å². The maximum Gasteiger partial charge on any atom is 0.124 e. The van der Waals surface area contributed by atoms with Crippen LogP contribution in [0, 0.1) is 0 Å². The minimum Gasteiger partial charge on any atom is -0.487 e. The summed E-state index contributed by atoms with van der Waals surface area (Å²) in [5.74, 6) is 1.13. The van der Waals surface area contributed by atoms with Crippen LogP contribution < -0.4 is 10.1 Å². The highest BCUT2D eigenvalue weighted by molar-refractivity contribution is 5.39. The van der Waals surface area contributed by atoms with Gasteiger partial charge in [-0.05, 0) is 64.1 Å². The highest BCUT2D eigenvalue weighted by atomic mass is 16.5. The summed E-state index contributed by atoms with van der Waals surface area (Å²) < 4.78 is 6.40. The third-order valence-corrected chi connectivity index (χ3v) is 6.72. The fraction of sp³-hybridized carbons (Fsp3) is 0.700. The van der Waals surface area contributed by atoms with E-state index in [0.717, 1.165) is 18.2 Å². The van der Waals surface area contributed by atoms with E-state index >= 15 is 0 Å². The molecule has 3 heterocycles. The van der Waals surface area contributed by atoms with Crippen molar-refractivity contribution in [3.8, 4) is 5.75 Å². The third kappa shape index (κ3) is 2.49. The predicted molar refractivity (Wildman–Crippen MR) is 91.8 cm³/mol. The summed E-state index contributed by atoms with van der Waals surface area (Å²) in [6.45, 7) is 2.62. The van der Waals surface area contributed by atoms with E-state index in [1.807, 2.05) is 0 Å². The molecule has 5 rings (SSSR count). The van der Waals surface area contributed by atoms with Crippen molar-refractivity contribution in [1.29, 1.82) is 0 Å². The molecule has 0 radical (unpaired) electrons. The molecule has 2 saturated heterocycles. The molecule has 3 atom stereocenters. The SMILES string of the molecule is c1ccc2c(c1)OC1(CCC1)C[C@@H]2N[C@H]1CCN2CCC[C@H]2C1. The van der Waals surface area contributed by atoms with E-state index in [1.54, 1.807) is 0 Å². The Bertz CT molecular complexity index is 583. The fourth-order valence-corrected chi connectivity index (χ4v) is 5.30. The molecule has 1 N–H and O–H groups in total. The van der Waals surface area contributed by atoms with E-state index in [2.05, 4.69) is 34.5 Å². The van der Waals surface area contributed by atoms with Gasteiger partial charge in [0.05, 0.1) is 0 Å². The van der Waals surface area contributed by atoms with E-state index in [9.17, 15) is 0 Å². The Balaban J connectivity index is 1.35. The summed E-state index contributed by atoms with van der Waals surface area (Å²) in [5.41, 5.74) is 1.53. The molecule has 3 heteroatoms. The number of para-hydroxylation sites is 1. The quantitative estimate of drug-likeness (QED) is 0.902. The van der Waals surface area contributed by atoms with E-state index < -0.39 is 0 Å². The van der Waals surface area contributed by atoms with Crippen molar-refractivity contribution in [2.75, 3.05) is 13.1 Å². The number of fused-ring (bicyclic) bond motifs is 2. The summed E-state index contributed by atoms with van der Waals surface area (Å²) >= 11 is 0. The highest BCUT2D eigenvalue weighted by Crippen LogP contribution is 2.49. The molecule has 1 spiro atoms. The summed E-state index contributed by atoms with van der Waals surface area (Å²) in [4.78, 5) is 2.71. The topological polar surface area (TPSA) is 24.5 Å². The van der Waals surface area contributed by atoms with Gasteiger partial charge in [-0.2, -0.15) is 0 Å². The van der Waals surface area contributed by atoms with Crippen LogP contribution in [-0.4, -0.2) is 35.7 Å². The molecule has 1 saturated carbocycles. The normalized spacial score (nSPS) is 35.2. The average molecular weight is 312 g/mol. The van der Waals surface area contributed by atoms with E-state index in [0.29, 0.717) is 12.1 Å². The molecule has 3 nitrogen and oxygen atoms in total. The monoisotopic (exact) mass is 312 g/mol. The van der Waals surface area contributed by atoms with E-state index in [4.69, 9.17) is 4.74 Å². The first kappa shape index (κ1) is 14.3. The molecule has 1 aromatic carbocycles. The lowest BCUT2D eigenvalue weighted by Crippen LogP contribution is -2.52. The standard InChI is InChI=1S/C20H28N2O/c1-2-7-19-17(6-1)18(14-20(23-19)9-4-10-20)21-15-8-12-22-11-3-5-16(22)13-15/h1-2,6-7,15-16,18,21H,3-5,8-14H2/t15-,16-,18-/m0/s1. The van der Waals surface area contributed by atoms with Gasteiger partial charge in [0, 0.05) is 30.1 Å². The predicted octanol–water partition coefficient (Wildman–Crippen LogP) is 3.65. The second-order valence-corrected chi connectivity index (χ2v) is 8.15. The van der Waals surface area contributed by atoms with Gasteiger partial charge < -0.3 is 15.0 Å². The van der Waals surface area contributed by atoms with Gasteiger partial charge in [-0.25, -0.2) is 0 Å².